The standard InChI is InChI=1S/C17H13NO6S2/c1-26(21,22)16-11-15(18(19)20)17(25-16)24-14-9-5-8-13(10-14)23-12-6-3-2-4-7-12/h2-11H,1H3. The number of nitro groups is 1. The molecule has 0 amide bonds. The highest BCUT2D eigenvalue weighted by Gasteiger charge is 2.25. The zero-order chi connectivity index (χ0) is 18.7. The van der Waals surface area contributed by atoms with Crippen molar-refractivity contribution in [3.8, 4) is 22.3 Å². The van der Waals surface area contributed by atoms with Crippen molar-refractivity contribution < 1.29 is 22.8 Å². The van der Waals surface area contributed by atoms with Crippen LogP contribution in [0.2, 0.25) is 0 Å². The Bertz CT molecular complexity index is 1040. The Balaban J connectivity index is 1.88. The van der Waals surface area contributed by atoms with Gasteiger partial charge in [0.05, 0.1) is 4.92 Å². The molecule has 0 fully saturated rings. The number of benzene rings is 2. The second kappa shape index (κ2) is 7.14. The molecule has 0 unspecified atom stereocenters. The summed E-state index contributed by atoms with van der Waals surface area (Å²) in [6.45, 7) is 0. The summed E-state index contributed by atoms with van der Waals surface area (Å²) in [4.78, 5) is 10.5. The Labute approximate surface area is 153 Å². The molecular weight excluding hydrogens is 378 g/mol. The molecule has 0 radical (unpaired) electrons. The molecule has 0 bridgehead atoms. The van der Waals surface area contributed by atoms with Crippen LogP contribution in [0.3, 0.4) is 0 Å². The predicted octanol–water partition coefficient (Wildman–Crippen LogP) is 4.64. The van der Waals surface area contributed by atoms with Gasteiger partial charge in [0, 0.05) is 18.4 Å². The van der Waals surface area contributed by atoms with Gasteiger partial charge in [-0.05, 0) is 24.3 Å². The Morgan fingerprint density at radius 3 is 2.15 bits per heavy atom. The fraction of sp³-hybridized carbons (Fsp3) is 0.0588. The quantitative estimate of drug-likeness (QED) is 0.448. The first-order chi connectivity index (χ1) is 12.3. The van der Waals surface area contributed by atoms with Crippen molar-refractivity contribution in [1.82, 2.24) is 0 Å². The molecule has 1 heterocycles. The van der Waals surface area contributed by atoms with E-state index in [2.05, 4.69) is 0 Å². The van der Waals surface area contributed by atoms with Gasteiger partial charge in [-0.25, -0.2) is 8.42 Å². The van der Waals surface area contributed by atoms with E-state index in [9.17, 15) is 18.5 Å². The number of para-hydroxylation sites is 1. The van der Waals surface area contributed by atoms with E-state index in [4.69, 9.17) is 9.47 Å². The molecule has 0 saturated carbocycles. The molecule has 7 nitrogen and oxygen atoms in total. The smallest absolute Gasteiger partial charge is 0.324 e. The van der Waals surface area contributed by atoms with Crippen molar-refractivity contribution in [2.75, 3.05) is 6.26 Å². The van der Waals surface area contributed by atoms with Gasteiger partial charge >= 0.3 is 5.69 Å². The third kappa shape index (κ3) is 4.19. The minimum atomic E-state index is -3.57. The Hall–Kier alpha value is -2.91. The lowest BCUT2D eigenvalue weighted by Gasteiger charge is -2.07. The van der Waals surface area contributed by atoms with E-state index in [1.807, 2.05) is 18.2 Å². The topological polar surface area (TPSA) is 95.7 Å². The average Bonchev–Trinajstić information content (AvgIpc) is 3.00. The van der Waals surface area contributed by atoms with E-state index < -0.39 is 20.4 Å². The Kier molecular flexibility index (Phi) is 4.92. The molecular formula is C17H13NO6S2. The summed E-state index contributed by atoms with van der Waals surface area (Å²) in [5, 5.41) is 11.1. The molecule has 0 aliphatic heterocycles. The molecule has 2 aromatic carbocycles. The third-order valence-electron chi connectivity index (χ3n) is 3.21. The lowest BCUT2D eigenvalue weighted by atomic mass is 10.3. The molecule has 0 atom stereocenters. The van der Waals surface area contributed by atoms with E-state index in [-0.39, 0.29) is 9.27 Å². The van der Waals surface area contributed by atoms with Crippen molar-refractivity contribution in [3.63, 3.8) is 0 Å². The maximum atomic E-state index is 11.6. The fourth-order valence-electron chi connectivity index (χ4n) is 2.06. The highest BCUT2D eigenvalue weighted by molar-refractivity contribution is 7.92. The fourth-order valence-corrected chi connectivity index (χ4v) is 3.95. The minimum Gasteiger partial charge on any atom is -0.457 e. The van der Waals surface area contributed by atoms with E-state index >= 15 is 0 Å². The van der Waals surface area contributed by atoms with Crippen LogP contribution in [0.1, 0.15) is 0 Å². The van der Waals surface area contributed by atoms with Gasteiger partial charge in [0.15, 0.2) is 9.84 Å². The number of nitrogens with zero attached hydrogens (tertiary/aromatic N) is 1. The molecule has 1 aromatic heterocycles. The predicted molar refractivity (Wildman–Crippen MR) is 97.1 cm³/mol. The molecule has 26 heavy (non-hydrogen) atoms. The van der Waals surface area contributed by atoms with Crippen molar-refractivity contribution in [2.24, 2.45) is 0 Å². The third-order valence-corrected chi connectivity index (χ3v) is 6.02. The van der Waals surface area contributed by atoms with Gasteiger partial charge in [-0.2, -0.15) is 0 Å². The average molecular weight is 391 g/mol. The van der Waals surface area contributed by atoms with Crippen LogP contribution in [0.15, 0.2) is 64.9 Å². The van der Waals surface area contributed by atoms with Crippen LogP contribution in [0.5, 0.6) is 22.3 Å². The zero-order valence-electron chi connectivity index (χ0n) is 13.5. The molecule has 0 spiro atoms. The van der Waals surface area contributed by atoms with Gasteiger partial charge in [-0.3, -0.25) is 10.1 Å². The number of hydrogen-bond acceptors (Lipinski definition) is 7. The molecule has 0 aliphatic rings. The van der Waals surface area contributed by atoms with Crippen molar-refractivity contribution in [1.29, 1.82) is 0 Å². The minimum absolute atomic E-state index is 0.104. The molecule has 0 N–H and O–H groups in total. The maximum absolute atomic E-state index is 11.6. The summed E-state index contributed by atoms with van der Waals surface area (Å²) in [5.41, 5.74) is -0.398. The summed E-state index contributed by atoms with van der Waals surface area (Å²) in [7, 11) is -3.57. The summed E-state index contributed by atoms with van der Waals surface area (Å²) in [6.07, 6.45) is 0.987. The van der Waals surface area contributed by atoms with Gasteiger partial charge in [-0.1, -0.05) is 35.6 Å². The molecule has 9 heteroatoms. The summed E-state index contributed by atoms with van der Waals surface area (Å²) >= 11 is 0.707. The van der Waals surface area contributed by atoms with Gasteiger partial charge in [0.2, 0.25) is 0 Å². The second-order valence-electron chi connectivity index (χ2n) is 5.26. The van der Waals surface area contributed by atoms with E-state index in [1.165, 1.54) is 0 Å². The van der Waals surface area contributed by atoms with Gasteiger partial charge in [0.25, 0.3) is 5.06 Å². The first kappa shape index (κ1) is 17.9. The van der Waals surface area contributed by atoms with Crippen molar-refractivity contribution >= 4 is 26.9 Å². The number of sulfone groups is 1. The van der Waals surface area contributed by atoms with Crippen molar-refractivity contribution in [3.05, 3.63) is 70.8 Å². The Morgan fingerprint density at radius 1 is 0.923 bits per heavy atom. The van der Waals surface area contributed by atoms with Crippen LogP contribution in [0.4, 0.5) is 5.69 Å². The lowest BCUT2D eigenvalue weighted by Crippen LogP contribution is -1.92. The first-order valence-electron chi connectivity index (χ1n) is 7.32. The Morgan fingerprint density at radius 2 is 1.54 bits per heavy atom. The molecule has 3 aromatic rings. The SMILES string of the molecule is CS(=O)(=O)c1cc([N+](=O)[O-])c(Oc2cccc(Oc3ccccc3)c2)s1. The maximum Gasteiger partial charge on any atom is 0.324 e. The van der Waals surface area contributed by atoms with Crippen LogP contribution in [0, 0.1) is 10.1 Å². The second-order valence-corrected chi connectivity index (χ2v) is 8.52. The van der Waals surface area contributed by atoms with E-state index in [1.54, 1.807) is 36.4 Å². The summed E-state index contributed by atoms with van der Waals surface area (Å²) in [5.74, 6) is 1.41. The summed E-state index contributed by atoms with van der Waals surface area (Å²) < 4.78 is 34.4. The number of thiophene rings is 1. The van der Waals surface area contributed by atoms with Crippen LogP contribution >= 0.6 is 11.3 Å². The molecule has 0 saturated heterocycles. The normalized spacial score (nSPS) is 11.1. The van der Waals surface area contributed by atoms with E-state index in [0.29, 0.717) is 28.6 Å². The molecule has 134 valence electrons. The number of hydrogen-bond donors (Lipinski definition) is 0. The van der Waals surface area contributed by atoms with Crippen LogP contribution in [0.25, 0.3) is 0 Å². The molecule has 0 aliphatic carbocycles. The molecule has 3 rings (SSSR count). The van der Waals surface area contributed by atoms with Gasteiger partial charge < -0.3 is 9.47 Å². The van der Waals surface area contributed by atoms with Gasteiger partial charge in [0.1, 0.15) is 21.5 Å². The van der Waals surface area contributed by atoms with Crippen LogP contribution < -0.4 is 9.47 Å². The lowest BCUT2D eigenvalue weighted by molar-refractivity contribution is -0.385. The van der Waals surface area contributed by atoms with Crippen molar-refractivity contribution in [2.45, 2.75) is 4.21 Å². The first-order valence-corrected chi connectivity index (χ1v) is 10.0. The van der Waals surface area contributed by atoms with Gasteiger partial charge in [-0.15, -0.1) is 0 Å². The van der Waals surface area contributed by atoms with E-state index in [0.717, 1.165) is 12.3 Å². The monoisotopic (exact) mass is 391 g/mol. The highest BCUT2D eigenvalue weighted by atomic mass is 32.2. The highest BCUT2D eigenvalue weighted by Crippen LogP contribution is 2.42. The number of rotatable bonds is 6. The van der Waals surface area contributed by atoms with Crippen LogP contribution in [-0.4, -0.2) is 19.6 Å². The summed E-state index contributed by atoms with van der Waals surface area (Å²) in [6, 6.07) is 16.6. The van der Waals surface area contributed by atoms with Crippen LogP contribution in [-0.2, 0) is 9.84 Å². The zero-order valence-corrected chi connectivity index (χ0v) is 15.1. The number of ether oxygens (including phenoxy) is 2. The largest absolute Gasteiger partial charge is 0.457 e.